The average molecular weight is 420 g/mol. The van der Waals surface area contributed by atoms with Gasteiger partial charge in [0.15, 0.2) is 11.5 Å². The molecule has 1 aromatic heterocycles. The summed E-state index contributed by atoms with van der Waals surface area (Å²) in [7, 11) is 2.90. The fourth-order valence-electron chi connectivity index (χ4n) is 3.11. The first-order valence-electron chi connectivity index (χ1n) is 8.97. The largest absolute Gasteiger partial charge is 0.493 e. The van der Waals surface area contributed by atoms with E-state index in [1.807, 2.05) is 0 Å². The van der Waals surface area contributed by atoms with Crippen molar-refractivity contribution in [2.45, 2.75) is 19.6 Å². The molecule has 0 aliphatic carbocycles. The van der Waals surface area contributed by atoms with Crippen LogP contribution in [0.2, 0.25) is 0 Å². The molecule has 0 saturated heterocycles. The fraction of sp³-hybridized carbons (Fsp3) is 0.238. The van der Waals surface area contributed by atoms with Crippen LogP contribution in [0.1, 0.15) is 22.8 Å². The monoisotopic (exact) mass is 420 g/mol. The minimum absolute atomic E-state index is 0.174. The molecular formula is C21H19F3N2O4. The van der Waals surface area contributed by atoms with E-state index in [2.05, 4.69) is 5.32 Å². The van der Waals surface area contributed by atoms with Gasteiger partial charge in [-0.15, -0.1) is 0 Å². The predicted molar refractivity (Wildman–Crippen MR) is 106 cm³/mol. The predicted octanol–water partition coefficient (Wildman–Crippen LogP) is 4.31. The third-order valence-electron chi connectivity index (χ3n) is 4.63. The van der Waals surface area contributed by atoms with Gasteiger partial charge in [-0.3, -0.25) is 9.59 Å². The van der Waals surface area contributed by atoms with Crippen LogP contribution < -0.4 is 20.2 Å². The highest BCUT2D eigenvalue weighted by Crippen LogP contribution is 2.31. The Morgan fingerprint density at radius 2 is 1.77 bits per heavy atom. The molecule has 1 N–H and O–H groups in total. The molecule has 0 radical (unpaired) electrons. The molecule has 0 unspecified atom stereocenters. The van der Waals surface area contributed by atoms with Crippen molar-refractivity contribution in [3.8, 4) is 11.5 Å². The third kappa shape index (κ3) is 3.96. The zero-order chi connectivity index (χ0) is 22.1. The maximum atomic E-state index is 13.1. The second kappa shape index (κ2) is 8.10. The molecule has 0 atom stereocenters. The number of methoxy groups -OCH3 is 2. The number of fused-ring (bicyclic) bond motifs is 1. The molecule has 1 amide bonds. The highest BCUT2D eigenvalue weighted by molar-refractivity contribution is 6.06. The molecular weight excluding hydrogens is 401 g/mol. The molecule has 0 fully saturated rings. The summed E-state index contributed by atoms with van der Waals surface area (Å²) < 4.78 is 51.2. The third-order valence-corrected chi connectivity index (χ3v) is 4.63. The molecule has 0 spiro atoms. The number of nitrogens with zero attached hydrogens (tertiary/aromatic N) is 1. The summed E-state index contributed by atoms with van der Waals surface area (Å²) in [6, 6.07) is 7.57. The van der Waals surface area contributed by atoms with Crippen molar-refractivity contribution in [1.82, 2.24) is 4.57 Å². The van der Waals surface area contributed by atoms with Crippen LogP contribution in [0.4, 0.5) is 18.9 Å². The zero-order valence-electron chi connectivity index (χ0n) is 16.5. The molecule has 30 heavy (non-hydrogen) atoms. The number of benzene rings is 2. The SMILES string of the molecule is CCn1cc(C(=O)Nc2ccc(OC)c(OC)c2)c(=O)c2cc(C(F)(F)F)ccc21. The summed E-state index contributed by atoms with van der Waals surface area (Å²) >= 11 is 0. The van der Waals surface area contributed by atoms with E-state index in [0.717, 1.165) is 12.1 Å². The van der Waals surface area contributed by atoms with Gasteiger partial charge in [-0.1, -0.05) is 0 Å². The Morgan fingerprint density at radius 3 is 2.37 bits per heavy atom. The van der Waals surface area contributed by atoms with Gasteiger partial charge in [0.2, 0.25) is 5.43 Å². The van der Waals surface area contributed by atoms with Gasteiger partial charge in [0.1, 0.15) is 5.56 Å². The molecule has 0 aliphatic heterocycles. The Labute approximate surface area is 169 Å². The number of aromatic nitrogens is 1. The fourth-order valence-corrected chi connectivity index (χ4v) is 3.11. The number of hydrogen-bond donors (Lipinski definition) is 1. The number of halogens is 3. The van der Waals surface area contributed by atoms with Gasteiger partial charge in [0.25, 0.3) is 5.91 Å². The highest BCUT2D eigenvalue weighted by atomic mass is 19.4. The van der Waals surface area contributed by atoms with Gasteiger partial charge in [-0.2, -0.15) is 13.2 Å². The number of pyridine rings is 1. The van der Waals surface area contributed by atoms with Crippen LogP contribution in [0.25, 0.3) is 10.9 Å². The summed E-state index contributed by atoms with van der Waals surface area (Å²) in [6.07, 6.45) is -3.26. The van der Waals surface area contributed by atoms with Crippen LogP contribution in [-0.2, 0) is 12.7 Å². The zero-order valence-corrected chi connectivity index (χ0v) is 16.5. The van der Waals surface area contributed by atoms with Crippen LogP contribution in [0.3, 0.4) is 0 Å². The van der Waals surface area contributed by atoms with Crippen LogP contribution in [0.5, 0.6) is 11.5 Å². The van der Waals surface area contributed by atoms with E-state index in [9.17, 15) is 22.8 Å². The van der Waals surface area contributed by atoms with Gasteiger partial charge < -0.3 is 19.4 Å². The normalized spacial score (nSPS) is 11.4. The van der Waals surface area contributed by atoms with Crippen molar-refractivity contribution in [3.05, 3.63) is 63.9 Å². The molecule has 0 bridgehead atoms. The summed E-state index contributed by atoms with van der Waals surface area (Å²) in [5.41, 5.74) is -1.34. The number of ether oxygens (including phenoxy) is 2. The van der Waals surface area contributed by atoms with E-state index < -0.39 is 23.1 Å². The standard InChI is InChI=1S/C21H19F3N2O4/c1-4-26-11-15(19(27)14-9-12(21(22,23)24)5-7-16(14)26)20(28)25-13-6-8-17(29-2)18(10-13)30-3/h5-11H,4H2,1-3H3,(H,25,28). The number of rotatable bonds is 5. The first kappa shape index (κ1) is 21.2. The van der Waals surface area contributed by atoms with Crippen molar-refractivity contribution in [2.24, 2.45) is 0 Å². The quantitative estimate of drug-likeness (QED) is 0.668. The Bertz CT molecular complexity index is 1170. The van der Waals surface area contributed by atoms with Crippen LogP contribution in [0.15, 0.2) is 47.4 Å². The maximum absolute atomic E-state index is 13.1. The van der Waals surface area contributed by atoms with Gasteiger partial charge in [-0.05, 0) is 37.3 Å². The Morgan fingerprint density at radius 1 is 1.07 bits per heavy atom. The van der Waals surface area contributed by atoms with Crippen molar-refractivity contribution in [2.75, 3.05) is 19.5 Å². The van der Waals surface area contributed by atoms with Crippen molar-refractivity contribution in [1.29, 1.82) is 0 Å². The van der Waals surface area contributed by atoms with E-state index in [4.69, 9.17) is 9.47 Å². The number of nitrogens with one attached hydrogen (secondary N) is 1. The van der Waals surface area contributed by atoms with E-state index in [0.29, 0.717) is 29.2 Å². The number of anilines is 1. The van der Waals surface area contributed by atoms with Gasteiger partial charge in [-0.25, -0.2) is 0 Å². The summed E-state index contributed by atoms with van der Waals surface area (Å²) in [5, 5.41) is 2.40. The molecule has 1 heterocycles. The first-order valence-corrected chi connectivity index (χ1v) is 8.97. The molecule has 6 nitrogen and oxygen atoms in total. The molecule has 3 aromatic rings. The van der Waals surface area contributed by atoms with Crippen LogP contribution >= 0.6 is 0 Å². The average Bonchev–Trinajstić information content (AvgIpc) is 2.73. The lowest BCUT2D eigenvalue weighted by Crippen LogP contribution is -2.24. The number of aryl methyl sites for hydroxylation is 1. The highest BCUT2D eigenvalue weighted by Gasteiger charge is 2.31. The lowest BCUT2D eigenvalue weighted by atomic mass is 10.1. The number of hydrogen-bond acceptors (Lipinski definition) is 4. The summed E-state index contributed by atoms with van der Waals surface area (Å²) in [6.45, 7) is 2.12. The number of amides is 1. The van der Waals surface area contributed by atoms with E-state index >= 15 is 0 Å². The smallest absolute Gasteiger partial charge is 0.416 e. The Balaban J connectivity index is 2.07. The number of carbonyl (C=O) groups is 1. The van der Waals surface area contributed by atoms with Gasteiger partial charge in [0.05, 0.1) is 25.3 Å². The van der Waals surface area contributed by atoms with Crippen molar-refractivity contribution in [3.63, 3.8) is 0 Å². The minimum atomic E-state index is -4.60. The van der Waals surface area contributed by atoms with Crippen molar-refractivity contribution < 1.29 is 27.4 Å². The molecule has 158 valence electrons. The molecule has 3 rings (SSSR count). The Kier molecular flexibility index (Phi) is 5.73. The van der Waals surface area contributed by atoms with Crippen LogP contribution in [0, 0.1) is 0 Å². The number of carbonyl (C=O) groups excluding carboxylic acids is 1. The summed E-state index contributed by atoms with van der Waals surface area (Å²) in [5.74, 6) is 0.0811. The maximum Gasteiger partial charge on any atom is 0.416 e. The molecule has 9 heteroatoms. The van der Waals surface area contributed by atoms with E-state index in [1.54, 1.807) is 23.6 Å². The summed E-state index contributed by atoms with van der Waals surface area (Å²) in [4.78, 5) is 25.6. The number of alkyl halides is 3. The molecule has 0 aliphatic rings. The lowest BCUT2D eigenvalue weighted by molar-refractivity contribution is -0.137. The topological polar surface area (TPSA) is 69.6 Å². The van der Waals surface area contributed by atoms with Crippen LogP contribution in [-0.4, -0.2) is 24.7 Å². The van der Waals surface area contributed by atoms with Gasteiger partial charge >= 0.3 is 6.18 Å². The second-order valence-corrected chi connectivity index (χ2v) is 6.41. The molecule has 2 aromatic carbocycles. The first-order chi connectivity index (χ1) is 14.2. The molecule has 0 saturated carbocycles. The Hall–Kier alpha value is -3.49. The second-order valence-electron chi connectivity index (χ2n) is 6.41. The van der Waals surface area contributed by atoms with Crippen molar-refractivity contribution >= 4 is 22.5 Å². The van der Waals surface area contributed by atoms with E-state index in [-0.39, 0.29) is 10.9 Å². The van der Waals surface area contributed by atoms with Gasteiger partial charge in [0, 0.05) is 29.9 Å². The minimum Gasteiger partial charge on any atom is -0.493 e. The van der Waals surface area contributed by atoms with E-state index in [1.165, 1.54) is 32.5 Å². The lowest BCUT2D eigenvalue weighted by Gasteiger charge is -2.14.